The molecule has 25 heavy (non-hydrogen) atoms. The fourth-order valence-electron chi connectivity index (χ4n) is 3.30. The van der Waals surface area contributed by atoms with Crippen LogP contribution < -0.4 is 5.32 Å². The average molecular weight is 342 g/mol. The highest BCUT2D eigenvalue weighted by atomic mass is 16.3. The number of anilines is 1. The monoisotopic (exact) mass is 342 g/mol. The van der Waals surface area contributed by atoms with Crippen molar-refractivity contribution in [2.45, 2.75) is 39.3 Å². The van der Waals surface area contributed by atoms with E-state index in [1.54, 1.807) is 11.8 Å². The zero-order valence-corrected chi connectivity index (χ0v) is 14.9. The number of aliphatic hydroxyl groups is 1. The largest absolute Gasteiger partial charge is 0.393 e. The van der Waals surface area contributed by atoms with Crippen LogP contribution in [0.15, 0.2) is 36.4 Å². The number of aliphatic hydroxyl groups excluding tert-OH is 1. The van der Waals surface area contributed by atoms with Crippen molar-refractivity contribution >= 4 is 11.8 Å². The van der Waals surface area contributed by atoms with Crippen molar-refractivity contribution in [1.82, 2.24) is 14.7 Å². The molecule has 2 atom stereocenters. The first kappa shape index (κ1) is 17.5. The summed E-state index contributed by atoms with van der Waals surface area (Å²) in [6, 6.07) is 11.8. The Bertz CT molecular complexity index is 711. The molecule has 2 heterocycles. The Hall–Kier alpha value is -2.34. The number of carbonyl (C=O) groups excluding carboxylic acids is 1. The Balaban J connectivity index is 1.69. The number of aryl methyl sites for hydroxylation is 1. The molecule has 1 aromatic carbocycles. The van der Waals surface area contributed by atoms with Gasteiger partial charge in [-0.05, 0) is 32.3 Å². The Morgan fingerprint density at radius 2 is 2.16 bits per heavy atom. The van der Waals surface area contributed by atoms with E-state index in [4.69, 9.17) is 0 Å². The van der Waals surface area contributed by atoms with Gasteiger partial charge in [0.15, 0.2) is 0 Å². The number of hydrogen-bond acceptors (Lipinski definition) is 3. The van der Waals surface area contributed by atoms with E-state index in [-0.39, 0.29) is 18.1 Å². The maximum atomic E-state index is 12.6. The molecule has 0 bridgehead atoms. The van der Waals surface area contributed by atoms with Crippen molar-refractivity contribution in [2.24, 2.45) is 5.92 Å². The summed E-state index contributed by atoms with van der Waals surface area (Å²) >= 11 is 0. The van der Waals surface area contributed by atoms with E-state index in [0.29, 0.717) is 18.9 Å². The van der Waals surface area contributed by atoms with Gasteiger partial charge in [0.05, 0.1) is 18.3 Å². The van der Waals surface area contributed by atoms with Crippen LogP contribution in [0.1, 0.15) is 31.0 Å². The first-order valence-electron chi connectivity index (χ1n) is 8.85. The van der Waals surface area contributed by atoms with Gasteiger partial charge < -0.3 is 10.0 Å². The van der Waals surface area contributed by atoms with Gasteiger partial charge in [0.1, 0.15) is 5.82 Å². The molecule has 0 saturated carbocycles. The van der Waals surface area contributed by atoms with E-state index < -0.39 is 0 Å². The third-order valence-corrected chi connectivity index (χ3v) is 4.74. The van der Waals surface area contributed by atoms with Crippen LogP contribution in [0.3, 0.4) is 0 Å². The van der Waals surface area contributed by atoms with Crippen LogP contribution in [0, 0.1) is 12.8 Å². The third kappa shape index (κ3) is 4.39. The Labute approximate surface area is 148 Å². The van der Waals surface area contributed by atoms with Gasteiger partial charge in [-0.15, -0.1) is 0 Å². The molecule has 0 aliphatic carbocycles. The summed E-state index contributed by atoms with van der Waals surface area (Å²) in [5, 5.41) is 17.3. The molecule has 1 aromatic heterocycles. The second-order valence-electron chi connectivity index (χ2n) is 6.83. The van der Waals surface area contributed by atoms with Gasteiger partial charge in [0.2, 0.25) is 0 Å². The number of carbonyl (C=O) groups is 1. The van der Waals surface area contributed by atoms with Crippen molar-refractivity contribution in [3.63, 3.8) is 0 Å². The smallest absolute Gasteiger partial charge is 0.323 e. The minimum atomic E-state index is -0.388. The number of aromatic nitrogens is 2. The molecule has 2 amide bonds. The molecule has 2 aromatic rings. The highest BCUT2D eigenvalue weighted by Crippen LogP contribution is 2.21. The van der Waals surface area contributed by atoms with E-state index in [1.807, 2.05) is 48.0 Å². The molecule has 1 saturated heterocycles. The number of urea groups is 1. The van der Waals surface area contributed by atoms with Gasteiger partial charge in [-0.25, -0.2) is 9.48 Å². The summed E-state index contributed by atoms with van der Waals surface area (Å²) in [6.07, 6.45) is 1.50. The second kappa shape index (κ2) is 7.70. The minimum absolute atomic E-state index is 0.125. The maximum Gasteiger partial charge on any atom is 0.323 e. The molecule has 1 aliphatic heterocycles. The lowest BCUT2D eigenvalue weighted by molar-refractivity contribution is 0.0765. The Morgan fingerprint density at radius 1 is 1.40 bits per heavy atom. The predicted molar refractivity (Wildman–Crippen MR) is 97.5 cm³/mol. The summed E-state index contributed by atoms with van der Waals surface area (Å²) in [6.45, 7) is 5.64. The summed E-state index contributed by atoms with van der Waals surface area (Å²) in [5.41, 5.74) is 2.00. The normalized spacial score (nSPS) is 18.8. The highest BCUT2D eigenvalue weighted by Gasteiger charge is 2.27. The summed E-state index contributed by atoms with van der Waals surface area (Å²) in [4.78, 5) is 14.4. The molecular formula is C19H26N4O2. The first-order chi connectivity index (χ1) is 12.0. The lowest BCUT2D eigenvalue weighted by Gasteiger charge is -2.34. The second-order valence-corrected chi connectivity index (χ2v) is 6.83. The zero-order valence-electron chi connectivity index (χ0n) is 14.9. The standard InChI is InChI=1S/C19H26N4O2/c1-14-11-18(23(21-14)12-16-7-4-3-5-8-16)20-19(25)22-10-6-9-17(13-22)15(2)24/h3-5,7-8,11,15,17,24H,6,9-10,12-13H2,1-2H3,(H,20,25). The van der Waals surface area contributed by atoms with Gasteiger partial charge in [-0.3, -0.25) is 5.32 Å². The van der Waals surface area contributed by atoms with Crippen LogP contribution in [0.2, 0.25) is 0 Å². The van der Waals surface area contributed by atoms with E-state index >= 15 is 0 Å². The summed E-state index contributed by atoms with van der Waals surface area (Å²) < 4.78 is 1.82. The zero-order chi connectivity index (χ0) is 17.8. The molecule has 0 spiro atoms. The van der Waals surface area contributed by atoms with Crippen LogP contribution in [0.5, 0.6) is 0 Å². The van der Waals surface area contributed by atoms with Crippen molar-refractivity contribution in [2.75, 3.05) is 18.4 Å². The van der Waals surface area contributed by atoms with Crippen molar-refractivity contribution in [3.8, 4) is 0 Å². The summed E-state index contributed by atoms with van der Waals surface area (Å²) in [7, 11) is 0. The van der Waals surface area contributed by atoms with Gasteiger partial charge >= 0.3 is 6.03 Å². The number of piperidine rings is 1. The predicted octanol–water partition coefficient (Wildman–Crippen LogP) is 2.86. The first-order valence-corrected chi connectivity index (χ1v) is 8.85. The van der Waals surface area contributed by atoms with Crippen molar-refractivity contribution in [3.05, 3.63) is 47.7 Å². The average Bonchev–Trinajstić information content (AvgIpc) is 2.94. The number of amides is 2. The molecule has 1 fully saturated rings. The van der Waals surface area contributed by atoms with E-state index in [1.165, 1.54) is 0 Å². The fraction of sp³-hybridized carbons (Fsp3) is 0.474. The van der Waals surface area contributed by atoms with Crippen LogP contribution in [0.4, 0.5) is 10.6 Å². The van der Waals surface area contributed by atoms with Gasteiger partial charge in [0.25, 0.3) is 0 Å². The molecule has 1 aliphatic rings. The Kier molecular flexibility index (Phi) is 5.38. The maximum absolute atomic E-state index is 12.6. The number of hydrogen-bond donors (Lipinski definition) is 2. The van der Waals surface area contributed by atoms with Crippen LogP contribution in [-0.4, -0.2) is 45.0 Å². The topological polar surface area (TPSA) is 70.4 Å². The molecule has 6 nitrogen and oxygen atoms in total. The van der Waals surface area contributed by atoms with E-state index in [2.05, 4.69) is 10.4 Å². The molecule has 2 unspecified atom stereocenters. The molecule has 134 valence electrons. The number of likely N-dealkylation sites (tertiary alicyclic amines) is 1. The summed E-state index contributed by atoms with van der Waals surface area (Å²) in [5.74, 6) is 0.848. The molecule has 0 radical (unpaired) electrons. The lowest BCUT2D eigenvalue weighted by Crippen LogP contribution is -2.45. The molecule has 3 rings (SSSR count). The van der Waals surface area contributed by atoms with Crippen molar-refractivity contribution < 1.29 is 9.90 Å². The number of rotatable bonds is 4. The van der Waals surface area contributed by atoms with Gasteiger partial charge in [-0.1, -0.05) is 30.3 Å². The van der Waals surface area contributed by atoms with Gasteiger partial charge in [-0.2, -0.15) is 5.10 Å². The van der Waals surface area contributed by atoms with Crippen LogP contribution in [0.25, 0.3) is 0 Å². The quantitative estimate of drug-likeness (QED) is 0.897. The minimum Gasteiger partial charge on any atom is -0.393 e. The highest BCUT2D eigenvalue weighted by molar-refractivity contribution is 5.88. The van der Waals surface area contributed by atoms with Crippen LogP contribution >= 0.6 is 0 Å². The van der Waals surface area contributed by atoms with E-state index in [0.717, 1.165) is 30.6 Å². The van der Waals surface area contributed by atoms with E-state index in [9.17, 15) is 9.90 Å². The number of nitrogens with zero attached hydrogens (tertiary/aromatic N) is 3. The number of nitrogens with one attached hydrogen (secondary N) is 1. The van der Waals surface area contributed by atoms with Crippen LogP contribution in [-0.2, 0) is 6.54 Å². The Morgan fingerprint density at radius 3 is 2.88 bits per heavy atom. The lowest BCUT2D eigenvalue weighted by atomic mass is 9.94. The molecule has 2 N–H and O–H groups in total. The van der Waals surface area contributed by atoms with Gasteiger partial charge in [0, 0.05) is 25.1 Å². The third-order valence-electron chi connectivity index (χ3n) is 4.74. The number of benzene rings is 1. The molecule has 6 heteroatoms. The van der Waals surface area contributed by atoms with Crippen molar-refractivity contribution in [1.29, 1.82) is 0 Å². The molecular weight excluding hydrogens is 316 g/mol. The SMILES string of the molecule is Cc1cc(NC(=O)N2CCCC(C(C)O)C2)n(Cc2ccccc2)n1. The fourth-order valence-corrected chi connectivity index (χ4v) is 3.30.